The van der Waals surface area contributed by atoms with Gasteiger partial charge in [0.1, 0.15) is 5.78 Å². The number of carbonyl (C=O) groups excluding carboxylic acids is 1. The average Bonchev–Trinajstić information content (AvgIpc) is 2.74. The Morgan fingerprint density at radius 2 is 1.61 bits per heavy atom. The Labute approximate surface area is 199 Å². The fraction of sp³-hybridized carbons (Fsp3) is 0.381. The average molecular weight is 636 g/mol. The van der Waals surface area contributed by atoms with Gasteiger partial charge in [0.2, 0.25) is 0 Å². The van der Waals surface area contributed by atoms with Crippen LogP contribution in [0.2, 0.25) is 0 Å². The molecule has 0 spiro atoms. The zero-order chi connectivity index (χ0) is 19.7. The van der Waals surface area contributed by atoms with E-state index in [-0.39, 0.29) is 18.0 Å². The maximum Gasteiger partial charge on any atom is 0.140 e. The third kappa shape index (κ3) is 4.30. The van der Waals surface area contributed by atoms with Crippen LogP contribution in [0.1, 0.15) is 41.6 Å². The fourth-order valence-corrected chi connectivity index (χ4v) is 8.58. The predicted octanol–water partition coefficient (Wildman–Crippen LogP) is 6.74. The molecule has 3 nitrogen and oxygen atoms in total. The van der Waals surface area contributed by atoms with Gasteiger partial charge in [-0.05, 0) is 42.7 Å². The normalized spacial score (nSPS) is 28.9. The maximum absolute atomic E-state index is 13.1. The van der Waals surface area contributed by atoms with E-state index in [1.54, 1.807) is 18.2 Å². The molecule has 4 atom stereocenters. The Bertz CT molecular complexity index is 821. The van der Waals surface area contributed by atoms with Crippen LogP contribution in [0, 0.1) is 12.8 Å². The number of rotatable bonds is 4. The minimum absolute atomic E-state index is 0.0891. The number of piperidine rings is 2. The third-order valence-corrected chi connectivity index (χ3v) is 10.1. The largest absolute Gasteiger partial charge is 0.299 e. The van der Waals surface area contributed by atoms with Gasteiger partial charge in [-0.1, -0.05) is 60.2 Å². The smallest absolute Gasteiger partial charge is 0.140 e. The Morgan fingerprint density at radius 3 is 2.25 bits per heavy atom. The van der Waals surface area contributed by atoms with E-state index in [0.717, 1.165) is 13.0 Å². The third-order valence-electron chi connectivity index (χ3n) is 5.91. The quantitative estimate of drug-likeness (QED) is 0.274. The van der Waals surface area contributed by atoms with E-state index in [9.17, 15) is 4.79 Å². The highest BCUT2D eigenvalue weighted by atomic mass is 127. The Balaban J connectivity index is 1.66. The summed E-state index contributed by atoms with van der Waals surface area (Å²) in [7, 11) is 3.51. The molecular formula is C21H22I2N2OS2. The molecule has 4 rings (SSSR count). The van der Waals surface area contributed by atoms with Crippen LogP contribution in [0.25, 0.3) is 0 Å². The van der Waals surface area contributed by atoms with Crippen molar-refractivity contribution < 1.29 is 4.79 Å². The van der Waals surface area contributed by atoms with Crippen LogP contribution in [0.5, 0.6) is 0 Å². The number of hydrogen-bond acceptors (Lipinski definition) is 5. The van der Waals surface area contributed by atoms with Crippen LogP contribution in [0.15, 0.2) is 54.6 Å². The molecule has 2 fully saturated rings. The molecule has 0 unspecified atom stereocenters. The summed E-state index contributed by atoms with van der Waals surface area (Å²) in [6.45, 7) is 2.95. The number of Topliss-reactive ketones (excluding diaryl/α,β-unsaturated/α-hetero) is 1. The number of nitrogens with zero attached hydrogens (tertiary/aromatic N) is 2. The zero-order valence-corrected chi connectivity index (χ0v) is 21.4. The lowest BCUT2D eigenvalue weighted by atomic mass is 9.77. The van der Waals surface area contributed by atoms with Crippen molar-refractivity contribution in [1.29, 1.82) is 0 Å². The van der Waals surface area contributed by atoms with E-state index in [4.69, 9.17) is 0 Å². The van der Waals surface area contributed by atoms with Gasteiger partial charge in [0.05, 0.1) is 6.04 Å². The van der Waals surface area contributed by atoms with Crippen LogP contribution >= 0.6 is 60.6 Å². The first-order valence-corrected chi connectivity index (χ1v) is 16.0. The molecule has 7 heteroatoms. The van der Waals surface area contributed by atoms with Crippen molar-refractivity contribution >= 4 is 66.4 Å². The molecule has 0 radical (unpaired) electrons. The fourth-order valence-electron chi connectivity index (χ4n) is 4.42. The van der Waals surface area contributed by atoms with Gasteiger partial charge in [0.25, 0.3) is 0 Å². The summed E-state index contributed by atoms with van der Waals surface area (Å²) < 4.78 is 4.90. The lowest BCUT2D eigenvalue weighted by Crippen LogP contribution is -2.55. The highest BCUT2D eigenvalue weighted by Gasteiger charge is 2.48. The van der Waals surface area contributed by atoms with Gasteiger partial charge in [-0.2, -0.15) is 0 Å². The number of ketones is 1. The number of aryl methyl sites for hydroxylation is 1. The summed E-state index contributed by atoms with van der Waals surface area (Å²) in [5, 5.41) is 0. The second-order valence-corrected chi connectivity index (χ2v) is 11.1. The minimum atomic E-state index is 0.0891. The highest BCUT2D eigenvalue weighted by molar-refractivity contribution is 14.2. The second-order valence-electron chi connectivity index (χ2n) is 7.53. The molecule has 28 heavy (non-hydrogen) atoms. The van der Waals surface area contributed by atoms with E-state index in [2.05, 4.69) is 106 Å². The minimum Gasteiger partial charge on any atom is -0.299 e. The first-order chi connectivity index (χ1) is 13.6. The molecule has 0 aliphatic carbocycles. The predicted molar refractivity (Wildman–Crippen MR) is 136 cm³/mol. The highest BCUT2D eigenvalue weighted by Crippen LogP contribution is 2.50. The van der Waals surface area contributed by atoms with Gasteiger partial charge in [-0.3, -0.25) is 4.79 Å². The van der Waals surface area contributed by atoms with E-state index >= 15 is 0 Å². The molecule has 0 aromatic heterocycles. The summed E-state index contributed by atoms with van der Waals surface area (Å²) in [6.07, 6.45) is 1.59. The van der Waals surface area contributed by atoms with Crippen molar-refractivity contribution in [2.24, 2.45) is 5.92 Å². The number of benzene rings is 2. The van der Waals surface area contributed by atoms with E-state index < -0.39 is 0 Å². The molecule has 2 aliphatic rings. The van der Waals surface area contributed by atoms with Crippen molar-refractivity contribution in [2.75, 3.05) is 6.54 Å². The van der Waals surface area contributed by atoms with Crippen molar-refractivity contribution in [3.05, 3.63) is 71.3 Å². The molecule has 2 aliphatic heterocycles. The standard InChI is InChI=1S/C21H22I2N2OS2/c1-14-7-9-16(10-8-14)18-11-20-17(13-24(18)27-22)21(26)12-19(25(20)28-23)15-5-3-2-4-6-15/h2-10,17-20H,11-13H2,1H3/t17-,18+,19+,20+/m1/s1. The number of carbonyl (C=O) groups is 1. The van der Waals surface area contributed by atoms with Gasteiger partial charge in [0.15, 0.2) is 0 Å². The molecule has 0 amide bonds. The lowest BCUT2D eigenvalue weighted by molar-refractivity contribution is -0.131. The summed E-state index contributed by atoms with van der Waals surface area (Å²) in [5.74, 6) is 0.504. The zero-order valence-electron chi connectivity index (χ0n) is 15.5. The number of fused-ring (bicyclic) bond motifs is 1. The van der Waals surface area contributed by atoms with Gasteiger partial charge in [0, 0.05) is 73.4 Å². The van der Waals surface area contributed by atoms with Crippen LogP contribution in [0.3, 0.4) is 0 Å². The number of halogens is 2. The summed E-state index contributed by atoms with van der Waals surface area (Å²) in [5.41, 5.74) is 3.88. The molecule has 2 heterocycles. The molecular weight excluding hydrogens is 614 g/mol. The van der Waals surface area contributed by atoms with E-state index in [1.807, 2.05) is 6.07 Å². The second kappa shape index (κ2) is 9.55. The Hall–Kier alpha value is 0.190. The summed E-state index contributed by atoms with van der Waals surface area (Å²) >= 11 is 4.76. The van der Waals surface area contributed by atoms with Gasteiger partial charge < -0.3 is 0 Å². The monoisotopic (exact) mass is 636 g/mol. The molecule has 2 aromatic rings. The molecule has 0 N–H and O–H groups in total. The molecule has 0 bridgehead atoms. The van der Waals surface area contributed by atoms with E-state index in [0.29, 0.717) is 18.2 Å². The van der Waals surface area contributed by atoms with Crippen LogP contribution < -0.4 is 0 Å². The molecule has 2 saturated heterocycles. The molecule has 0 saturated carbocycles. The molecule has 148 valence electrons. The van der Waals surface area contributed by atoms with Crippen molar-refractivity contribution in [3.8, 4) is 0 Å². The van der Waals surface area contributed by atoms with Crippen molar-refractivity contribution in [2.45, 2.75) is 37.9 Å². The van der Waals surface area contributed by atoms with Gasteiger partial charge >= 0.3 is 0 Å². The van der Waals surface area contributed by atoms with Crippen LogP contribution in [0.4, 0.5) is 0 Å². The topological polar surface area (TPSA) is 23.6 Å². The van der Waals surface area contributed by atoms with E-state index in [1.165, 1.54) is 16.7 Å². The van der Waals surface area contributed by atoms with Gasteiger partial charge in [-0.15, -0.1) is 0 Å². The number of hydrogen-bond donors (Lipinski definition) is 0. The Kier molecular flexibility index (Phi) is 7.31. The first-order valence-electron chi connectivity index (χ1n) is 9.39. The van der Waals surface area contributed by atoms with Crippen molar-refractivity contribution in [3.63, 3.8) is 0 Å². The lowest BCUT2D eigenvalue weighted by Gasteiger charge is -2.50. The first kappa shape index (κ1) is 21.4. The summed E-state index contributed by atoms with van der Waals surface area (Å²) in [4.78, 5) is 13.1. The van der Waals surface area contributed by atoms with Crippen LogP contribution in [-0.4, -0.2) is 27.0 Å². The van der Waals surface area contributed by atoms with Crippen molar-refractivity contribution in [1.82, 2.24) is 8.61 Å². The Morgan fingerprint density at radius 1 is 0.929 bits per heavy atom. The summed E-state index contributed by atoms with van der Waals surface area (Å²) in [6, 6.07) is 20.2. The maximum atomic E-state index is 13.1. The van der Waals surface area contributed by atoms with Crippen LogP contribution in [-0.2, 0) is 4.79 Å². The van der Waals surface area contributed by atoms with Gasteiger partial charge in [-0.25, -0.2) is 8.61 Å². The molecule has 2 aromatic carbocycles. The SMILES string of the molecule is Cc1ccc([C@@H]2C[C@H]3[C@@H](CN2SI)C(=O)C[C@@H](c2ccccc2)N3SI)cc1.